The van der Waals surface area contributed by atoms with E-state index in [2.05, 4.69) is 312 Å². The lowest BCUT2D eigenvalue weighted by Gasteiger charge is -2.34. The maximum Gasteiger partial charge on any atom is 0.179 e. The number of nitrogens with zero attached hydrogens (tertiary/aromatic N) is 2. The van der Waals surface area contributed by atoms with Crippen molar-refractivity contribution in [3.05, 3.63) is 326 Å². The molecule has 0 N–H and O–H groups in total. The van der Waals surface area contributed by atoms with Crippen LogP contribution in [0, 0.1) is 0 Å². The molecule has 2 nitrogen and oxygen atoms in total. The van der Waals surface area contributed by atoms with E-state index in [1.165, 1.54) is 109 Å². The van der Waals surface area contributed by atoms with Crippen molar-refractivity contribution in [1.82, 2.24) is 9.13 Å². The molecule has 0 saturated carbocycles. The van der Waals surface area contributed by atoms with Crippen LogP contribution in [-0.4, -0.2) is 17.2 Å². The van der Waals surface area contributed by atoms with Crippen LogP contribution in [0.15, 0.2) is 303 Å². The van der Waals surface area contributed by atoms with E-state index in [1.807, 2.05) is 0 Å². The highest BCUT2D eigenvalue weighted by molar-refractivity contribution is 7.19. The second kappa shape index (κ2) is 17.6. The van der Waals surface area contributed by atoms with Gasteiger partial charge in [-0.25, -0.2) is 0 Å². The molecule has 0 radical (unpaired) electrons. The topological polar surface area (TPSA) is 9.86 Å². The van der Waals surface area contributed by atoms with Crippen molar-refractivity contribution in [2.24, 2.45) is 0 Å². The summed E-state index contributed by atoms with van der Waals surface area (Å²) >= 11 is 0. The Kier molecular flexibility index (Phi) is 10.2. The molecule has 14 aromatic rings. The lowest BCUT2D eigenvalue weighted by Crippen LogP contribution is -2.74. The molecular weight excluding hydrogens is 933 g/mol. The zero-order valence-electron chi connectivity index (χ0n) is 41.8. The third-order valence-electron chi connectivity index (χ3n) is 16.5. The van der Waals surface area contributed by atoms with Crippen LogP contribution in [0.3, 0.4) is 0 Å². The molecule has 15 rings (SSSR count). The summed E-state index contributed by atoms with van der Waals surface area (Å²) in [7, 11) is -2.80. The number of rotatable bonds is 9. The quantitative estimate of drug-likeness (QED) is 0.101. The van der Waals surface area contributed by atoms with Gasteiger partial charge in [0.2, 0.25) is 0 Å². The summed E-state index contributed by atoms with van der Waals surface area (Å²) in [5.74, 6) is 0. The van der Waals surface area contributed by atoms with Crippen molar-refractivity contribution in [2.75, 3.05) is 0 Å². The van der Waals surface area contributed by atoms with Crippen LogP contribution in [0.2, 0.25) is 0 Å². The number of hydrogen-bond donors (Lipinski definition) is 0. The van der Waals surface area contributed by atoms with Gasteiger partial charge in [0.05, 0.1) is 27.5 Å². The van der Waals surface area contributed by atoms with Gasteiger partial charge in [0.1, 0.15) is 0 Å². The average molecular weight is 983 g/mol. The summed E-state index contributed by atoms with van der Waals surface area (Å²) in [5.41, 5.74) is 16.7. The minimum absolute atomic E-state index is 0.468. The van der Waals surface area contributed by atoms with Crippen molar-refractivity contribution >= 4 is 72.4 Å². The van der Waals surface area contributed by atoms with Crippen LogP contribution in [0.1, 0.15) is 22.3 Å². The minimum Gasteiger partial charge on any atom is -0.309 e. The summed E-state index contributed by atoms with van der Waals surface area (Å²) in [6, 6.07) is 113. The molecule has 2 heterocycles. The highest BCUT2D eigenvalue weighted by Crippen LogP contribution is 2.57. The minimum atomic E-state index is -2.80. The van der Waals surface area contributed by atoms with Gasteiger partial charge in [0.15, 0.2) is 8.07 Å². The van der Waals surface area contributed by atoms with Crippen molar-refractivity contribution < 1.29 is 0 Å². The summed E-state index contributed by atoms with van der Waals surface area (Å²) in [6.45, 7) is 0. The van der Waals surface area contributed by atoms with E-state index in [9.17, 15) is 0 Å². The fourth-order valence-electron chi connectivity index (χ4n) is 13.4. The van der Waals surface area contributed by atoms with Gasteiger partial charge in [0.25, 0.3) is 0 Å². The van der Waals surface area contributed by atoms with Crippen LogP contribution < -0.4 is 20.7 Å². The zero-order chi connectivity index (χ0) is 50.2. The van der Waals surface area contributed by atoms with Crippen molar-refractivity contribution in [1.29, 1.82) is 0 Å². The Morgan fingerprint density at radius 3 is 1.33 bits per heavy atom. The van der Waals surface area contributed by atoms with Crippen molar-refractivity contribution in [3.8, 4) is 33.6 Å². The largest absolute Gasteiger partial charge is 0.309 e. The van der Waals surface area contributed by atoms with Gasteiger partial charge in [-0.2, -0.15) is 0 Å². The predicted molar refractivity (Wildman–Crippen MR) is 321 cm³/mol. The van der Waals surface area contributed by atoms with Crippen LogP contribution in [0.25, 0.3) is 77.2 Å². The monoisotopic (exact) mass is 982 g/mol. The standard InChI is InChI=1S/C73H50N2Si/c1-6-23-53(24-7-1)73(54-25-8-2-9-26-54)67-38-19-16-35-61(67)62-44-41-52(48-68(62)73)51-42-46-71-66(47-51)64-37-18-21-40-70(64)74(71)56-43-45-65-63-36-17-20-39-69(63)75(72(65)50-56)55-27-22-34-60(49-55)76(57-28-10-3-11-29-57,58-30-12-4-13-31-58)59-32-14-5-15-33-59/h1-50H. The highest BCUT2D eigenvalue weighted by atomic mass is 28.3. The number of aromatic nitrogens is 2. The molecule has 0 saturated heterocycles. The SMILES string of the molecule is c1ccc(C2(c3ccccc3)c3ccccc3-c3ccc(-c4ccc5c(c4)c4ccccc4n5-c4ccc5c6ccccc6n(-c6cccc([Si](c7ccccc7)(c7ccccc7)c7ccccc7)c6)c5c4)cc32)cc1. The molecule has 356 valence electrons. The molecule has 0 unspecified atom stereocenters. The van der Waals surface area contributed by atoms with Gasteiger partial charge in [-0.1, -0.05) is 249 Å². The Morgan fingerprint density at radius 1 is 0.250 bits per heavy atom. The molecule has 0 aliphatic heterocycles. The van der Waals surface area contributed by atoms with Gasteiger partial charge in [0, 0.05) is 32.9 Å². The van der Waals surface area contributed by atoms with E-state index < -0.39 is 13.5 Å². The first-order valence-corrected chi connectivity index (χ1v) is 28.4. The molecule has 76 heavy (non-hydrogen) atoms. The zero-order valence-corrected chi connectivity index (χ0v) is 42.8. The molecule has 12 aromatic carbocycles. The Morgan fingerprint density at radius 2 is 0.697 bits per heavy atom. The molecule has 2 aromatic heterocycles. The first kappa shape index (κ1) is 44.0. The van der Waals surface area contributed by atoms with Gasteiger partial charge in [-0.05, 0) is 120 Å². The normalized spacial score (nSPS) is 12.8. The molecule has 1 aliphatic carbocycles. The van der Waals surface area contributed by atoms with Crippen LogP contribution in [0.4, 0.5) is 0 Å². The maximum atomic E-state index is 2.50. The Balaban J connectivity index is 0.909. The fraction of sp³-hybridized carbons (Fsp3) is 0.0137. The van der Waals surface area contributed by atoms with E-state index in [0.717, 1.165) is 11.4 Å². The van der Waals surface area contributed by atoms with Crippen LogP contribution in [0.5, 0.6) is 0 Å². The molecule has 3 heteroatoms. The highest BCUT2D eigenvalue weighted by Gasteiger charge is 2.46. The van der Waals surface area contributed by atoms with Crippen LogP contribution in [-0.2, 0) is 5.41 Å². The van der Waals surface area contributed by atoms with Gasteiger partial charge < -0.3 is 9.13 Å². The van der Waals surface area contributed by atoms with E-state index in [4.69, 9.17) is 0 Å². The molecule has 0 bridgehead atoms. The summed E-state index contributed by atoms with van der Waals surface area (Å²) < 4.78 is 4.97. The summed E-state index contributed by atoms with van der Waals surface area (Å²) in [4.78, 5) is 0. The number of para-hydroxylation sites is 2. The molecule has 0 fully saturated rings. The van der Waals surface area contributed by atoms with E-state index in [-0.39, 0.29) is 0 Å². The Hall–Kier alpha value is -9.54. The van der Waals surface area contributed by atoms with Crippen molar-refractivity contribution in [2.45, 2.75) is 5.41 Å². The van der Waals surface area contributed by atoms with Gasteiger partial charge in [-0.15, -0.1) is 0 Å². The average Bonchev–Trinajstić information content (AvgIpc) is 4.31. The Bertz CT molecular complexity index is 4360. The second-order valence-corrected chi connectivity index (χ2v) is 24.1. The van der Waals surface area contributed by atoms with E-state index in [0.29, 0.717) is 0 Å². The first-order valence-electron chi connectivity index (χ1n) is 26.4. The van der Waals surface area contributed by atoms with Gasteiger partial charge >= 0.3 is 0 Å². The summed E-state index contributed by atoms with van der Waals surface area (Å²) in [6.07, 6.45) is 0. The number of benzene rings is 12. The lowest BCUT2D eigenvalue weighted by atomic mass is 9.67. The predicted octanol–water partition coefficient (Wildman–Crippen LogP) is 15.3. The summed E-state index contributed by atoms with van der Waals surface area (Å²) in [5, 5.41) is 10.3. The van der Waals surface area contributed by atoms with E-state index >= 15 is 0 Å². The number of fused-ring (bicyclic) bond motifs is 9. The molecule has 0 spiro atoms. The number of hydrogen-bond acceptors (Lipinski definition) is 0. The third-order valence-corrected chi connectivity index (χ3v) is 21.3. The third kappa shape index (κ3) is 6.46. The lowest BCUT2D eigenvalue weighted by molar-refractivity contribution is 0.769. The smallest absolute Gasteiger partial charge is 0.179 e. The van der Waals surface area contributed by atoms with E-state index in [1.54, 1.807) is 0 Å². The first-order chi connectivity index (χ1) is 37.7. The molecule has 1 aliphatic rings. The van der Waals surface area contributed by atoms with Gasteiger partial charge in [-0.3, -0.25) is 0 Å². The molecule has 0 amide bonds. The fourth-order valence-corrected chi connectivity index (χ4v) is 18.2. The maximum absolute atomic E-state index is 2.80. The molecule has 0 atom stereocenters. The Labute approximate surface area is 443 Å². The molecular formula is C73H50N2Si. The van der Waals surface area contributed by atoms with Crippen LogP contribution >= 0.6 is 0 Å². The van der Waals surface area contributed by atoms with Crippen molar-refractivity contribution in [3.63, 3.8) is 0 Å². The second-order valence-electron chi connectivity index (χ2n) is 20.3.